The molecule has 0 spiro atoms. The molecule has 1 fully saturated rings. The molecule has 5 nitrogen and oxygen atoms in total. The monoisotopic (exact) mass is 477 g/mol. The molecule has 0 radical (unpaired) electrons. The second-order valence-electron chi connectivity index (χ2n) is 6.13. The number of nitrogens with one attached hydrogen (secondary N) is 1. The van der Waals surface area contributed by atoms with Gasteiger partial charge in [0.2, 0.25) is 0 Å². The maximum Gasteiger partial charge on any atom is 0.309 e. The van der Waals surface area contributed by atoms with Crippen molar-refractivity contribution < 1.29 is 13.9 Å². The Hall–Kier alpha value is -1.38. The highest BCUT2D eigenvalue weighted by molar-refractivity contribution is 14.0. The first-order chi connectivity index (χ1) is 12.1. The lowest BCUT2D eigenvalue weighted by Gasteiger charge is -2.33. The number of aliphatic imine (C=N–C) groups is 1. The summed E-state index contributed by atoms with van der Waals surface area (Å²) in [6.07, 6.45) is 2.27. The molecule has 7 heteroatoms. The Morgan fingerprint density at radius 1 is 1.35 bits per heavy atom. The minimum atomic E-state index is -0.213. The molecule has 0 saturated carbocycles. The molecule has 0 aliphatic carbocycles. The van der Waals surface area contributed by atoms with E-state index in [0.717, 1.165) is 44.0 Å². The average molecular weight is 477 g/mol. The third-order valence-corrected chi connectivity index (χ3v) is 4.30. The quantitative estimate of drug-likeness (QED) is 0.296. The van der Waals surface area contributed by atoms with Gasteiger partial charge in [-0.3, -0.25) is 9.79 Å². The lowest BCUT2D eigenvalue weighted by Crippen LogP contribution is -2.46. The summed E-state index contributed by atoms with van der Waals surface area (Å²) in [4.78, 5) is 18.7. The second-order valence-corrected chi connectivity index (χ2v) is 6.13. The SMILES string of the molecule is CCNC(=NCCc1cccc(F)c1)N1CCC(C(=O)OCC)CC1.I. The van der Waals surface area contributed by atoms with E-state index in [0.29, 0.717) is 19.6 Å². The van der Waals surface area contributed by atoms with Gasteiger partial charge in [-0.25, -0.2) is 4.39 Å². The van der Waals surface area contributed by atoms with Crippen LogP contribution in [0.2, 0.25) is 0 Å². The Kier molecular flexibility index (Phi) is 10.5. The van der Waals surface area contributed by atoms with Gasteiger partial charge in [0.15, 0.2) is 5.96 Å². The zero-order valence-corrected chi connectivity index (χ0v) is 17.9. The summed E-state index contributed by atoms with van der Waals surface area (Å²) in [6, 6.07) is 6.63. The Labute approximate surface area is 172 Å². The Bertz CT molecular complexity index is 590. The number of ether oxygens (including phenoxy) is 1. The van der Waals surface area contributed by atoms with Crippen LogP contribution in [0.15, 0.2) is 29.3 Å². The van der Waals surface area contributed by atoms with Crippen LogP contribution in [0.25, 0.3) is 0 Å². The molecule has 1 aliphatic rings. The molecule has 1 N–H and O–H groups in total. The predicted molar refractivity (Wildman–Crippen MR) is 112 cm³/mol. The van der Waals surface area contributed by atoms with Crippen molar-refractivity contribution in [1.82, 2.24) is 10.2 Å². The molecule has 1 aliphatic heterocycles. The summed E-state index contributed by atoms with van der Waals surface area (Å²) in [6.45, 7) is 7.27. The molecule has 0 aromatic heterocycles. The van der Waals surface area contributed by atoms with Crippen LogP contribution >= 0.6 is 24.0 Å². The summed E-state index contributed by atoms with van der Waals surface area (Å²) < 4.78 is 18.3. The van der Waals surface area contributed by atoms with Crippen LogP contribution in [0.1, 0.15) is 32.3 Å². The number of esters is 1. The van der Waals surface area contributed by atoms with Gasteiger partial charge in [-0.05, 0) is 50.8 Å². The van der Waals surface area contributed by atoms with Gasteiger partial charge in [-0.2, -0.15) is 0 Å². The van der Waals surface area contributed by atoms with Gasteiger partial charge in [0.1, 0.15) is 5.82 Å². The summed E-state index contributed by atoms with van der Waals surface area (Å²) in [5.41, 5.74) is 0.945. The molecule has 1 aromatic rings. The molecular weight excluding hydrogens is 448 g/mol. The highest BCUT2D eigenvalue weighted by atomic mass is 127. The molecular formula is C19H29FIN3O2. The van der Waals surface area contributed by atoms with Gasteiger partial charge in [0.05, 0.1) is 12.5 Å². The number of hydrogen-bond acceptors (Lipinski definition) is 3. The van der Waals surface area contributed by atoms with Gasteiger partial charge < -0.3 is 15.0 Å². The standard InChI is InChI=1S/C19H28FN3O2.HI/c1-3-21-19(22-11-8-15-6-5-7-17(20)14-15)23-12-9-16(10-13-23)18(24)25-4-2;/h5-7,14,16H,3-4,8-13H2,1-2H3,(H,21,22);1H. The predicted octanol–water partition coefficient (Wildman–Crippen LogP) is 3.23. The van der Waals surface area contributed by atoms with E-state index in [9.17, 15) is 9.18 Å². The number of halogens is 2. The van der Waals surface area contributed by atoms with E-state index >= 15 is 0 Å². The first-order valence-electron chi connectivity index (χ1n) is 9.08. The Morgan fingerprint density at radius 3 is 2.69 bits per heavy atom. The third kappa shape index (κ3) is 7.09. The highest BCUT2D eigenvalue weighted by Gasteiger charge is 2.27. The van der Waals surface area contributed by atoms with Crippen LogP contribution in [-0.4, -0.2) is 49.6 Å². The number of carbonyl (C=O) groups excluding carboxylic acids is 1. The number of likely N-dealkylation sites (tertiary alicyclic amines) is 1. The number of rotatable bonds is 6. The van der Waals surface area contributed by atoms with Crippen molar-refractivity contribution >= 4 is 35.9 Å². The summed E-state index contributed by atoms with van der Waals surface area (Å²) >= 11 is 0. The maximum absolute atomic E-state index is 13.2. The van der Waals surface area contributed by atoms with E-state index in [1.807, 2.05) is 19.9 Å². The summed E-state index contributed by atoms with van der Waals surface area (Å²) in [7, 11) is 0. The van der Waals surface area contributed by atoms with E-state index in [1.165, 1.54) is 6.07 Å². The Morgan fingerprint density at radius 2 is 2.08 bits per heavy atom. The van der Waals surface area contributed by atoms with Crippen molar-refractivity contribution in [3.63, 3.8) is 0 Å². The van der Waals surface area contributed by atoms with Crippen LogP contribution in [-0.2, 0) is 16.0 Å². The van der Waals surface area contributed by atoms with Crippen LogP contribution < -0.4 is 5.32 Å². The molecule has 26 heavy (non-hydrogen) atoms. The topological polar surface area (TPSA) is 53.9 Å². The molecule has 1 aromatic carbocycles. The average Bonchev–Trinajstić information content (AvgIpc) is 2.61. The minimum absolute atomic E-state index is 0. The summed E-state index contributed by atoms with van der Waals surface area (Å²) in [5.74, 6) is 0.553. The first-order valence-corrected chi connectivity index (χ1v) is 9.08. The second kappa shape index (κ2) is 12.1. The van der Waals surface area contributed by atoms with Gasteiger partial charge in [0.25, 0.3) is 0 Å². The largest absolute Gasteiger partial charge is 0.466 e. The number of piperidine rings is 1. The Balaban J connectivity index is 0.00000338. The molecule has 1 saturated heterocycles. The fourth-order valence-electron chi connectivity index (χ4n) is 3.00. The molecule has 0 atom stereocenters. The van der Waals surface area contributed by atoms with E-state index < -0.39 is 0 Å². The molecule has 0 bridgehead atoms. The molecule has 2 rings (SSSR count). The third-order valence-electron chi connectivity index (χ3n) is 4.30. The fourth-order valence-corrected chi connectivity index (χ4v) is 3.00. The van der Waals surface area contributed by atoms with Crippen molar-refractivity contribution in [2.75, 3.05) is 32.8 Å². The van der Waals surface area contributed by atoms with Crippen LogP contribution in [0.5, 0.6) is 0 Å². The van der Waals surface area contributed by atoms with Gasteiger partial charge in [0, 0.05) is 26.2 Å². The number of carbonyl (C=O) groups is 1. The number of guanidine groups is 1. The first kappa shape index (κ1) is 22.7. The maximum atomic E-state index is 13.2. The lowest BCUT2D eigenvalue weighted by atomic mass is 9.97. The van der Waals surface area contributed by atoms with E-state index in [1.54, 1.807) is 12.1 Å². The number of benzene rings is 1. The molecule has 146 valence electrons. The fraction of sp³-hybridized carbons (Fsp3) is 0.579. The van der Waals surface area contributed by atoms with E-state index in [4.69, 9.17) is 4.74 Å². The minimum Gasteiger partial charge on any atom is -0.466 e. The molecule has 0 amide bonds. The zero-order chi connectivity index (χ0) is 18.1. The van der Waals surface area contributed by atoms with Crippen molar-refractivity contribution in [3.05, 3.63) is 35.6 Å². The van der Waals surface area contributed by atoms with Gasteiger partial charge in [-0.1, -0.05) is 12.1 Å². The lowest BCUT2D eigenvalue weighted by molar-refractivity contribution is -0.149. The van der Waals surface area contributed by atoms with Crippen LogP contribution in [0.4, 0.5) is 4.39 Å². The molecule has 1 heterocycles. The van der Waals surface area contributed by atoms with E-state index in [-0.39, 0.29) is 41.7 Å². The van der Waals surface area contributed by atoms with Crippen molar-refractivity contribution in [2.24, 2.45) is 10.9 Å². The van der Waals surface area contributed by atoms with Gasteiger partial charge >= 0.3 is 5.97 Å². The molecule has 0 unspecified atom stereocenters. The smallest absolute Gasteiger partial charge is 0.309 e. The van der Waals surface area contributed by atoms with Gasteiger partial charge in [-0.15, -0.1) is 24.0 Å². The number of hydrogen-bond donors (Lipinski definition) is 1. The normalized spacial score (nSPS) is 15.3. The summed E-state index contributed by atoms with van der Waals surface area (Å²) in [5, 5.41) is 3.30. The van der Waals surface area contributed by atoms with Crippen LogP contribution in [0.3, 0.4) is 0 Å². The van der Waals surface area contributed by atoms with E-state index in [2.05, 4.69) is 15.2 Å². The van der Waals surface area contributed by atoms with Crippen molar-refractivity contribution in [1.29, 1.82) is 0 Å². The highest BCUT2D eigenvalue weighted by Crippen LogP contribution is 2.18. The van der Waals surface area contributed by atoms with Crippen molar-refractivity contribution in [2.45, 2.75) is 33.1 Å². The van der Waals surface area contributed by atoms with Crippen molar-refractivity contribution in [3.8, 4) is 0 Å². The van der Waals surface area contributed by atoms with Crippen LogP contribution in [0, 0.1) is 11.7 Å². The zero-order valence-electron chi connectivity index (χ0n) is 15.5. The number of nitrogens with zero attached hydrogens (tertiary/aromatic N) is 2.